The molecule has 3 N–H and O–H groups in total. The molecule has 0 bridgehead atoms. The van der Waals surface area contributed by atoms with E-state index in [2.05, 4.69) is 39.5 Å². The predicted molar refractivity (Wildman–Crippen MR) is 80.3 cm³/mol. The van der Waals surface area contributed by atoms with Crippen molar-refractivity contribution in [2.75, 3.05) is 5.73 Å². The number of aryl methyl sites for hydroxylation is 1. The van der Waals surface area contributed by atoms with Gasteiger partial charge in [-0.25, -0.2) is 9.97 Å². The van der Waals surface area contributed by atoms with Gasteiger partial charge in [-0.3, -0.25) is 0 Å². The van der Waals surface area contributed by atoms with E-state index in [1.54, 1.807) is 18.2 Å². The molecule has 5 heteroatoms. The maximum Gasteiger partial charge on any atom is 0.161 e. The van der Waals surface area contributed by atoms with E-state index >= 15 is 0 Å². The number of aromatic nitrogens is 2. The van der Waals surface area contributed by atoms with Gasteiger partial charge >= 0.3 is 0 Å². The number of hydrogen-bond donors (Lipinski definition) is 2. The molecule has 1 heterocycles. The van der Waals surface area contributed by atoms with E-state index in [0.29, 0.717) is 11.6 Å². The topological polar surface area (TPSA) is 72.0 Å². The Bertz CT molecular complexity index is 572. The third kappa shape index (κ3) is 2.72. The number of hydrogen-bond acceptors (Lipinski definition) is 4. The highest BCUT2D eigenvalue weighted by Crippen LogP contribution is 2.24. The maximum absolute atomic E-state index is 9.48. The van der Waals surface area contributed by atoms with Crippen LogP contribution < -0.4 is 5.73 Å². The average molecular weight is 355 g/mol. The van der Waals surface area contributed by atoms with Gasteiger partial charge < -0.3 is 10.8 Å². The normalized spacial score (nSPS) is 10.6. The molecule has 0 saturated carbocycles. The highest BCUT2D eigenvalue weighted by molar-refractivity contribution is 14.1. The number of aromatic hydroxyl groups is 1. The third-order valence-electron chi connectivity index (χ3n) is 2.54. The van der Waals surface area contributed by atoms with E-state index in [1.165, 1.54) is 0 Å². The van der Waals surface area contributed by atoms with E-state index in [4.69, 9.17) is 5.73 Å². The van der Waals surface area contributed by atoms with Gasteiger partial charge in [-0.2, -0.15) is 0 Å². The van der Waals surface area contributed by atoms with Crippen molar-refractivity contribution in [1.29, 1.82) is 0 Å². The van der Waals surface area contributed by atoms with Crippen molar-refractivity contribution in [3.63, 3.8) is 0 Å². The summed E-state index contributed by atoms with van der Waals surface area (Å²) in [6.45, 7) is 2.10. The van der Waals surface area contributed by atoms with Crippen LogP contribution in [0.3, 0.4) is 0 Å². The van der Waals surface area contributed by atoms with E-state index in [-0.39, 0.29) is 5.75 Å². The number of nitrogen functional groups attached to an aromatic ring is 1. The first-order chi connectivity index (χ1) is 8.61. The van der Waals surface area contributed by atoms with Crippen molar-refractivity contribution in [2.45, 2.75) is 19.8 Å². The Morgan fingerprint density at radius 1 is 1.33 bits per heavy atom. The number of nitrogens with zero attached hydrogens (tertiary/aromatic N) is 2. The van der Waals surface area contributed by atoms with Crippen LogP contribution in [0.5, 0.6) is 5.75 Å². The molecule has 0 radical (unpaired) electrons. The summed E-state index contributed by atoms with van der Waals surface area (Å²) in [5, 5.41) is 9.48. The lowest BCUT2D eigenvalue weighted by Gasteiger charge is -2.08. The summed E-state index contributed by atoms with van der Waals surface area (Å²) in [5.74, 6) is 1.25. The molecule has 0 atom stereocenters. The van der Waals surface area contributed by atoms with Crippen LogP contribution in [0.4, 0.5) is 5.82 Å². The van der Waals surface area contributed by atoms with Gasteiger partial charge in [0.15, 0.2) is 5.82 Å². The number of halogens is 1. The zero-order chi connectivity index (χ0) is 13.1. The summed E-state index contributed by atoms with van der Waals surface area (Å²) in [5.41, 5.74) is 7.64. The lowest BCUT2D eigenvalue weighted by atomic mass is 10.2. The van der Waals surface area contributed by atoms with E-state index < -0.39 is 0 Å². The summed E-state index contributed by atoms with van der Waals surface area (Å²) in [6, 6.07) is 6.88. The summed E-state index contributed by atoms with van der Waals surface area (Å²) >= 11 is 2.17. The molecule has 94 valence electrons. The standard InChI is InChI=1S/C13H14IN3O/c1-2-4-10-11(14)12(15)17-13(16-10)8-5-3-6-9(18)7-8/h3,5-7,18H,2,4H2,1H3,(H2,15,16,17). The number of rotatable bonds is 3. The molecule has 1 aromatic heterocycles. The first-order valence-corrected chi connectivity index (χ1v) is 6.81. The van der Waals surface area contributed by atoms with Crippen LogP contribution in [0.2, 0.25) is 0 Å². The van der Waals surface area contributed by atoms with Crippen molar-refractivity contribution in [1.82, 2.24) is 9.97 Å². The molecular weight excluding hydrogens is 341 g/mol. The van der Waals surface area contributed by atoms with Crippen molar-refractivity contribution >= 4 is 28.4 Å². The Balaban J connectivity index is 2.51. The molecule has 0 fully saturated rings. The number of nitrogens with two attached hydrogens (primary N) is 1. The SMILES string of the molecule is CCCc1nc(-c2cccc(O)c2)nc(N)c1I. The highest BCUT2D eigenvalue weighted by atomic mass is 127. The first-order valence-electron chi connectivity index (χ1n) is 5.73. The second-order valence-corrected chi connectivity index (χ2v) is 5.07. The predicted octanol–water partition coefficient (Wildman–Crippen LogP) is 2.99. The summed E-state index contributed by atoms with van der Waals surface area (Å²) in [7, 11) is 0. The summed E-state index contributed by atoms with van der Waals surface area (Å²) < 4.78 is 0.915. The van der Waals surface area contributed by atoms with Gasteiger partial charge in [0.25, 0.3) is 0 Å². The molecule has 1 aromatic carbocycles. The third-order valence-corrected chi connectivity index (χ3v) is 3.71. The second kappa shape index (κ2) is 5.51. The molecule has 2 aromatic rings. The number of phenols is 1. The maximum atomic E-state index is 9.48. The van der Waals surface area contributed by atoms with Crippen LogP contribution in [-0.2, 0) is 6.42 Å². The molecule has 0 aliphatic carbocycles. The fourth-order valence-corrected chi connectivity index (χ4v) is 2.20. The highest BCUT2D eigenvalue weighted by Gasteiger charge is 2.11. The fourth-order valence-electron chi connectivity index (χ4n) is 1.69. The zero-order valence-corrected chi connectivity index (χ0v) is 12.2. The minimum atomic E-state index is 0.199. The lowest BCUT2D eigenvalue weighted by molar-refractivity contribution is 0.475. The molecule has 0 amide bonds. The lowest BCUT2D eigenvalue weighted by Crippen LogP contribution is -2.04. The summed E-state index contributed by atoms with van der Waals surface area (Å²) in [6.07, 6.45) is 1.88. The molecule has 0 aliphatic heterocycles. The van der Waals surface area contributed by atoms with E-state index in [1.807, 2.05) is 6.07 Å². The molecule has 4 nitrogen and oxygen atoms in total. The smallest absolute Gasteiger partial charge is 0.161 e. The molecule has 0 unspecified atom stereocenters. The molecule has 0 aliphatic rings. The monoisotopic (exact) mass is 355 g/mol. The minimum Gasteiger partial charge on any atom is -0.508 e. The summed E-state index contributed by atoms with van der Waals surface area (Å²) in [4.78, 5) is 8.80. The minimum absolute atomic E-state index is 0.199. The zero-order valence-electron chi connectivity index (χ0n) is 10.0. The first kappa shape index (κ1) is 13.1. The van der Waals surface area contributed by atoms with E-state index in [0.717, 1.165) is 27.7 Å². The van der Waals surface area contributed by atoms with Crippen LogP contribution in [0.15, 0.2) is 24.3 Å². The Kier molecular flexibility index (Phi) is 4.00. The fraction of sp³-hybridized carbons (Fsp3) is 0.231. The van der Waals surface area contributed by atoms with Crippen molar-refractivity contribution < 1.29 is 5.11 Å². The van der Waals surface area contributed by atoms with Gasteiger partial charge in [0.2, 0.25) is 0 Å². The van der Waals surface area contributed by atoms with Gasteiger partial charge in [0.1, 0.15) is 11.6 Å². The molecular formula is C13H14IN3O. The largest absolute Gasteiger partial charge is 0.508 e. The van der Waals surface area contributed by atoms with Gasteiger partial charge in [-0.05, 0) is 41.1 Å². The number of anilines is 1. The second-order valence-electron chi connectivity index (χ2n) is 3.99. The van der Waals surface area contributed by atoms with Gasteiger partial charge in [0.05, 0.1) is 9.26 Å². The van der Waals surface area contributed by atoms with Crippen molar-refractivity contribution in [2.24, 2.45) is 0 Å². The van der Waals surface area contributed by atoms with Crippen molar-refractivity contribution in [3.05, 3.63) is 33.5 Å². The van der Waals surface area contributed by atoms with Gasteiger partial charge in [0, 0.05) is 5.56 Å². The van der Waals surface area contributed by atoms with Crippen LogP contribution in [0, 0.1) is 3.57 Å². The van der Waals surface area contributed by atoms with Crippen molar-refractivity contribution in [3.8, 4) is 17.1 Å². The van der Waals surface area contributed by atoms with Crippen LogP contribution >= 0.6 is 22.6 Å². The Morgan fingerprint density at radius 2 is 2.11 bits per heavy atom. The van der Waals surface area contributed by atoms with Crippen LogP contribution in [0.25, 0.3) is 11.4 Å². The average Bonchev–Trinajstić information content (AvgIpc) is 2.35. The Labute approximate surface area is 119 Å². The Hall–Kier alpha value is -1.37. The van der Waals surface area contributed by atoms with Crippen LogP contribution in [0.1, 0.15) is 19.0 Å². The van der Waals surface area contributed by atoms with E-state index in [9.17, 15) is 5.11 Å². The van der Waals surface area contributed by atoms with Gasteiger partial charge in [-0.15, -0.1) is 0 Å². The Morgan fingerprint density at radius 3 is 2.78 bits per heavy atom. The quantitative estimate of drug-likeness (QED) is 0.831. The number of phenolic OH excluding ortho intramolecular Hbond substituents is 1. The molecule has 0 saturated heterocycles. The van der Waals surface area contributed by atoms with Gasteiger partial charge in [-0.1, -0.05) is 25.5 Å². The van der Waals surface area contributed by atoms with Crippen LogP contribution in [-0.4, -0.2) is 15.1 Å². The molecule has 2 rings (SSSR count). The molecule has 18 heavy (non-hydrogen) atoms. The molecule has 0 spiro atoms. The number of benzene rings is 1.